The van der Waals surface area contributed by atoms with Gasteiger partial charge in [0.05, 0.1) is 6.42 Å². The molecule has 25 heavy (non-hydrogen) atoms. The number of piperidine rings is 1. The lowest BCUT2D eigenvalue weighted by Crippen LogP contribution is -2.46. The number of amides is 3. The van der Waals surface area contributed by atoms with Crippen LogP contribution >= 0.6 is 0 Å². The number of para-hydroxylation sites is 1. The van der Waals surface area contributed by atoms with Crippen LogP contribution in [0.15, 0.2) is 24.3 Å². The molecule has 6 heteroatoms. The third-order valence-corrected chi connectivity index (χ3v) is 4.55. The van der Waals surface area contributed by atoms with Gasteiger partial charge in [0.2, 0.25) is 5.91 Å². The molecule has 1 heterocycles. The van der Waals surface area contributed by atoms with Gasteiger partial charge in [-0.25, -0.2) is 4.79 Å². The SMILES string of the molecule is CNC(=O)Cc1ccccc1NC(=O)N[C@@H](C)CN1CCC[C@@H](C)C1. The van der Waals surface area contributed by atoms with E-state index in [-0.39, 0.29) is 24.4 Å². The lowest BCUT2D eigenvalue weighted by molar-refractivity contribution is -0.119. The summed E-state index contributed by atoms with van der Waals surface area (Å²) < 4.78 is 0. The molecule has 3 N–H and O–H groups in total. The molecule has 6 nitrogen and oxygen atoms in total. The first kappa shape index (κ1) is 19.2. The standard InChI is InChI=1S/C19H30N4O2/c1-14-7-6-10-23(12-14)13-15(2)21-19(25)22-17-9-5-4-8-16(17)11-18(24)20-3/h4-5,8-9,14-15H,6-7,10-13H2,1-3H3,(H,20,24)(H2,21,22,25)/t14-,15+/m1/s1. The van der Waals surface area contributed by atoms with Gasteiger partial charge in [-0.05, 0) is 43.9 Å². The van der Waals surface area contributed by atoms with Crippen LogP contribution < -0.4 is 16.0 Å². The van der Waals surface area contributed by atoms with Crippen LogP contribution in [-0.4, -0.2) is 49.6 Å². The van der Waals surface area contributed by atoms with Crippen molar-refractivity contribution in [2.24, 2.45) is 5.92 Å². The summed E-state index contributed by atoms with van der Waals surface area (Å²) in [6.07, 6.45) is 2.77. The van der Waals surface area contributed by atoms with Gasteiger partial charge in [-0.1, -0.05) is 25.1 Å². The Kier molecular flexibility index (Phi) is 7.25. The van der Waals surface area contributed by atoms with Crippen molar-refractivity contribution in [3.05, 3.63) is 29.8 Å². The fourth-order valence-electron chi connectivity index (χ4n) is 3.33. The predicted octanol–water partition coefficient (Wildman–Crippen LogP) is 2.22. The summed E-state index contributed by atoms with van der Waals surface area (Å²) in [5, 5.41) is 8.46. The van der Waals surface area contributed by atoms with Crippen LogP contribution in [0.3, 0.4) is 0 Å². The van der Waals surface area contributed by atoms with Crippen LogP contribution in [0.5, 0.6) is 0 Å². The smallest absolute Gasteiger partial charge is 0.319 e. The molecule has 1 fully saturated rings. The number of likely N-dealkylation sites (tertiary alicyclic amines) is 1. The molecule has 0 aromatic heterocycles. The van der Waals surface area contributed by atoms with Crippen molar-refractivity contribution >= 4 is 17.6 Å². The monoisotopic (exact) mass is 346 g/mol. The van der Waals surface area contributed by atoms with Gasteiger partial charge in [-0.15, -0.1) is 0 Å². The van der Waals surface area contributed by atoms with Crippen molar-refractivity contribution in [2.45, 2.75) is 39.2 Å². The number of benzene rings is 1. The number of nitrogens with one attached hydrogen (secondary N) is 3. The molecule has 2 atom stereocenters. The van der Waals surface area contributed by atoms with E-state index in [9.17, 15) is 9.59 Å². The Morgan fingerprint density at radius 1 is 1.32 bits per heavy atom. The van der Waals surface area contributed by atoms with E-state index < -0.39 is 0 Å². The minimum absolute atomic E-state index is 0.0661. The van der Waals surface area contributed by atoms with Crippen molar-refractivity contribution in [3.8, 4) is 0 Å². The molecule has 0 aliphatic carbocycles. The molecule has 1 aromatic carbocycles. The number of nitrogens with zero attached hydrogens (tertiary/aromatic N) is 1. The number of rotatable bonds is 6. The van der Waals surface area contributed by atoms with Gasteiger partial charge in [0.15, 0.2) is 0 Å². The first-order valence-electron chi connectivity index (χ1n) is 9.06. The summed E-state index contributed by atoms with van der Waals surface area (Å²) in [5.74, 6) is 0.647. The zero-order chi connectivity index (χ0) is 18.2. The Labute approximate surface area is 150 Å². The van der Waals surface area contributed by atoms with Crippen molar-refractivity contribution in [1.29, 1.82) is 0 Å². The zero-order valence-corrected chi connectivity index (χ0v) is 15.5. The summed E-state index contributed by atoms with van der Waals surface area (Å²) in [6, 6.07) is 7.21. The van der Waals surface area contributed by atoms with Crippen LogP contribution in [-0.2, 0) is 11.2 Å². The molecule has 2 rings (SSSR count). The minimum Gasteiger partial charge on any atom is -0.359 e. The third-order valence-electron chi connectivity index (χ3n) is 4.55. The molecular formula is C19H30N4O2. The largest absolute Gasteiger partial charge is 0.359 e. The van der Waals surface area contributed by atoms with E-state index in [1.54, 1.807) is 7.05 Å². The highest BCUT2D eigenvalue weighted by atomic mass is 16.2. The molecule has 3 amide bonds. The van der Waals surface area contributed by atoms with E-state index in [2.05, 4.69) is 27.8 Å². The Hall–Kier alpha value is -2.08. The highest BCUT2D eigenvalue weighted by Crippen LogP contribution is 2.17. The van der Waals surface area contributed by atoms with Crippen molar-refractivity contribution < 1.29 is 9.59 Å². The second-order valence-corrected chi connectivity index (χ2v) is 7.01. The van der Waals surface area contributed by atoms with Crippen LogP contribution in [0.4, 0.5) is 10.5 Å². The molecule has 0 bridgehead atoms. The van der Waals surface area contributed by atoms with Crippen LogP contribution in [0.25, 0.3) is 0 Å². The number of hydrogen-bond acceptors (Lipinski definition) is 3. The predicted molar refractivity (Wildman–Crippen MR) is 101 cm³/mol. The number of anilines is 1. The summed E-state index contributed by atoms with van der Waals surface area (Å²) in [6.45, 7) is 7.36. The third kappa shape index (κ3) is 6.38. The number of urea groups is 1. The van der Waals surface area contributed by atoms with E-state index in [1.165, 1.54) is 12.8 Å². The topological polar surface area (TPSA) is 73.5 Å². The lowest BCUT2D eigenvalue weighted by Gasteiger charge is -2.32. The fraction of sp³-hybridized carbons (Fsp3) is 0.579. The fourth-order valence-corrected chi connectivity index (χ4v) is 3.33. The highest BCUT2D eigenvalue weighted by molar-refractivity contribution is 5.91. The number of carbonyl (C=O) groups is 2. The molecule has 1 saturated heterocycles. The van der Waals surface area contributed by atoms with Crippen molar-refractivity contribution in [1.82, 2.24) is 15.5 Å². The molecule has 0 unspecified atom stereocenters. The van der Waals surface area contributed by atoms with Gasteiger partial charge < -0.3 is 20.9 Å². The lowest BCUT2D eigenvalue weighted by atomic mass is 10.00. The zero-order valence-electron chi connectivity index (χ0n) is 15.5. The van der Waals surface area contributed by atoms with Crippen molar-refractivity contribution in [2.75, 3.05) is 32.0 Å². The van der Waals surface area contributed by atoms with Gasteiger partial charge in [0, 0.05) is 31.9 Å². The van der Waals surface area contributed by atoms with Crippen LogP contribution in [0, 0.1) is 5.92 Å². The molecule has 0 saturated carbocycles. The van der Waals surface area contributed by atoms with Crippen LogP contribution in [0.1, 0.15) is 32.3 Å². The maximum absolute atomic E-state index is 12.3. The van der Waals surface area contributed by atoms with Gasteiger partial charge in [-0.3, -0.25) is 4.79 Å². The Morgan fingerprint density at radius 3 is 2.80 bits per heavy atom. The van der Waals surface area contributed by atoms with E-state index in [4.69, 9.17) is 0 Å². The molecule has 1 aliphatic heterocycles. The average molecular weight is 346 g/mol. The summed E-state index contributed by atoms with van der Waals surface area (Å²) >= 11 is 0. The maximum Gasteiger partial charge on any atom is 0.319 e. The second-order valence-electron chi connectivity index (χ2n) is 7.01. The van der Waals surface area contributed by atoms with E-state index in [0.717, 1.165) is 31.1 Å². The number of likely N-dealkylation sites (N-methyl/N-ethyl adjacent to an activating group) is 1. The average Bonchev–Trinajstić information content (AvgIpc) is 2.56. The van der Waals surface area contributed by atoms with E-state index in [1.807, 2.05) is 31.2 Å². The normalized spacial score (nSPS) is 19.1. The van der Waals surface area contributed by atoms with Crippen LogP contribution in [0.2, 0.25) is 0 Å². The minimum atomic E-state index is -0.234. The van der Waals surface area contributed by atoms with E-state index >= 15 is 0 Å². The van der Waals surface area contributed by atoms with E-state index in [0.29, 0.717) is 5.69 Å². The van der Waals surface area contributed by atoms with Gasteiger partial charge in [-0.2, -0.15) is 0 Å². The molecule has 1 aromatic rings. The van der Waals surface area contributed by atoms with Crippen molar-refractivity contribution in [3.63, 3.8) is 0 Å². The maximum atomic E-state index is 12.3. The Morgan fingerprint density at radius 2 is 2.08 bits per heavy atom. The number of carbonyl (C=O) groups excluding carboxylic acids is 2. The van der Waals surface area contributed by atoms with Gasteiger partial charge in [0.1, 0.15) is 0 Å². The molecule has 138 valence electrons. The molecule has 0 radical (unpaired) electrons. The first-order valence-corrected chi connectivity index (χ1v) is 9.06. The summed E-state index contributed by atoms with van der Waals surface area (Å²) in [4.78, 5) is 26.3. The second kappa shape index (κ2) is 9.42. The van der Waals surface area contributed by atoms with Gasteiger partial charge in [0.25, 0.3) is 0 Å². The summed E-state index contributed by atoms with van der Waals surface area (Å²) in [7, 11) is 1.61. The molecule has 0 spiro atoms. The highest BCUT2D eigenvalue weighted by Gasteiger charge is 2.19. The Bertz CT molecular complexity index is 591. The first-order chi connectivity index (χ1) is 12.0. The van der Waals surface area contributed by atoms with Gasteiger partial charge >= 0.3 is 6.03 Å². The molecule has 1 aliphatic rings. The quantitative estimate of drug-likeness (QED) is 0.739. The Balaban J connectivity index is 1.86. The molecular weight excluding hydrogens is 316 g/mol. The number of hydrogen-bond donors (Lipinski definition) is 3. The summed E-state index contributed by atoms with van der Waals surface area (Å²) in [5.41, 5.74) is 1.47.